The van der Waals surface area contributed by atoms with Gasteiger partial charge in [0.05, 0.1) is 4.90 Å². The number of halogens is 1. The van der Waals surface area contributed by atoms with Gasteiger partial charge in [-0.05, 0) is 54.7 Å². The van der Waals surface area contributed by atoms with E-state index in [0.29, 0.717) is 36.1 Å². The molecule has 1 aliphatic heterocycles. The van der Waals surface area contributed by atoms with Crippen molar-refractivity contribution >= 4 is 27.5 Å². The second kappa shape index (κ2) is 9.33. The summed E-state index contributed by atoms with van der Waals surface area (Å²) in [6, 6.07) is 15.8. The Hall–Kier alpha value is -2.86. The van der Waals surface area contributed by atoms with Gasteiger partial charge in [-0.15, -0.1) is 0 Å². The lowest BCUT2D eigenvalue weighted by atomic mass is 10.0. The number of hydrogen-bond donors (Lipinski definition) is 1. The first-order valence-electron chi connectivity index (χ1n) is 10.4. The van der Waals surface area contributed by atoms with Crippen molar-refractivity contribution < 1.29 is 12.8 Å². The van der Waals surface area contributed by atoms with Gasteiger partial charge in [-0.1, -0.05) is 36.7 Å². The number of hydrogen-bond acceptors (Lipinski definition) is 6. The van der Waals surface area contributed by atoms with E-state index in [1.54, 1.807) is 30.3 Å². The Morgan fingerprint density at radius 3 is 2.53 bits per heavy atom. The van der Waals surface area contributed by atoms with Crippen LogP contribution in [0.25, 0.3) is 11.5 Å². The number of oxazole rings is 1. The molecule has 0 atom stereocenters. The highest BCUT2D eigenvalue weighted by Crippen LogP contribution is 2.29. The molecule has 3 aromatic rings. The van der Waals surface area contributed by atoms with E-state index in [0.717, 1.165) is 18.4 Å². The monoisotopic (exact) mass is 470 g/mol. The Balaban J connectivity index is 1.52. The summed E-state index contributed by atoms with van der Waals surface area (Å²) < 4.78 is 33.1. The highest BCUT2D eigenvalue weighted by molar-refractivity contribution is 7.89. The lowest BCUT2D eigenvalue weighted by Gasteiger charge is -2.29. The van der Waals surface area contributed by atoms with Crippen LogP contribution in [0.4, 0.5) is 5.88 Å². The lowest BCUT2D eigenvalue weighted by molar-refractivity contribution is 0.288. The van der Waals surface area contributed by atoms with E-state index in [2.05, 4.69) is 17.2 Å². The van der Waals surface area contributed by atoms with Gasteiger partial charge in [0.1, 0.15) is 6.07 Å². The molecule has 0 aliphatic carbocycles. The summed E-state index contributed by atoms with van der Waals surface area (Å²) >= 11 is 6.18. The minimum absolute atomic E-state index is 0.117. The molecule has 0 radical (unpaired) electrons. The van der Waals surface area contributed by atoms with Crippen molar-refractivity contribution in [2.45, 2.75) is 31.2 Å². The number of aromatic nitrogens is 1. The molecule has 32 heavy (non-hydrogen) atoms. The highest BCUT2D eigenvalue weighted by atomic mass is 35.5. The number of anilines is 1. The molecule has 0 saturated carbocycles. The van der Waals surface area contributed by atoms with Crippen LogP contribution in [0.2, 0.25) is 5.02 Å². The maximum absolute atomic E-state index is 12.9. The molecule has 0 unspecified atom stereocenters. The molecule has 9 heteroatoms. The van der Waals surface area contributed by atoms with Gasteiger partial charge < -0.3 is 9.73 Å². The van der Waals surface area contributed by atoms with E-state index in [4.69, 9.17) is 16.0 Å². The molecule has 1 saturated heterocycles. The fourth-order valence-corrected chi connectivity index (χ4v) is 5.27. The molecular formula is C23H23ClN4O3S. The van der Waals surface area contributed by atoms with Crippen molar-refractivity contribution in [1.29, 1.82) is 5.26 Å². The fraction of sp³-hybridized carbons (Fsp3) is 0.304. The first kappa shape index (κ1) is 22.3. The summed E-state index contributed by atoms with van der Waals surface area (Å²) in [6.45, 7) is 3.59. The third kappa shape index (κ3) is 4.65. The van der Waals surface area contributed by atoms with E-state index >= 15 is 0 Å². The van der Waals surface area contributed by atoms with Crippen LogP contribution < -0.4 is 5.32 Å². The maximum atomic E-state index is 12.9. The van der Waals surface area contributed by atoms with Gasteiger partial charge in [-0.2, -0.15) is 14.6 Å². The number of nitriles is 1. The zero-order chi connectivity index (χ0) is 22.7. The molecule has 166 valence electrons. The smallest absolute Gasteiger partial charge is 0.243 e. The number of piperidine rings is 1. The van der Waals surface area contributed by atoms with Crippen LogP contribution in [-0.4, -0.2) is 30.8 Å². The fourth-order valence-electron chi connectivity index (χ4n) is 3.60. The number of nitrogens with one attached hydrogen (secondary N) is 1. The number of rotatable bonds is 6. The van der Waals surface area contributed by atoms with E-state index in [1.807, 2.05) is 24.3 Å². The van der Waals surface area contributed by atoms with Crippen LogP contribution in [0.3, 0.4) is 0 Å². The maximum Gasteiger partial charge on any atom is 0.243 e. The van der Waals surface area contributed by atoms with Gasteiger partial charge in [-0.3, -0.25) is 0 Å². The predicted octanol–water partition coefficient (Wildman–Crippen LogP) is 4.90. The normalized spacial score (nSPS) is 15.4. The zero-order valence-corrected chi connectivity index (χ0v) is 19.2. The largest absolute Gasteiger partial charge is 0.419 e. The Bertz CT molecular complexity index is 1240. The SMILES string of the molecule is CC1CCN(S(=O)(=O)c2ccc(-c3nc(C#N)c(NCc4ccccc4Cl)o3)cc2)CC1. The first-order valence-corrected chi connectivity index (χ1v) is 12.2. The molecule has 0 amide bonds. The van der Waals surface area contributed by atoms with Gasteiger partial charge in [0, 0.05) is 30.2 Å². The Kier molecular flexibility index (Phi) is 6.51. The van der Waals surface area contributed by atoms with Crippen LogP contribution in [0.15, 0.2) is 57.8 Å². The Labute approximate surface area is 192 Å². The van der Waals surface area contributed by atoms with E-state index < -0.39 is 10.0 Å². The van der Waals surface area contributed by atoms with Crippen LogP contribution in [0, 0.1) is 17.2 Å². The topological polar surface area (TPSA) is 99.2 Å². The summed E-state index contributed by atoms with van der Waals surface area (Å²) in [4.78, 5) is 4.48. The quantitative estimate of drug-likeness (QED) is 0.550. The van der Waals surface area contributed by atoms with Crippen molar-refractivity contribution in [2.24, 2.45) is 5.92 Å². The van der Waals surface area contributed by atoms with Gasteiger partial charge in [0.2, 0.25) is 27.5 Å². The van der Waals surface area contributed by atoms with Crippen LogP contribution in [-0.2, 0) is 16.6 Å². The van der Waals surface area contributed by atoms with Crippen molar-refractivity contribution in [3.05, 3.63) is 64.8 Å². The summed E-state index contributed by atoms with van der Waals surface area (Å²) in [5.41, 5.74) is 1.56. The Morgan fingerprint density at radius 1 is 1.19 bits per heavy atom. The third-order valence-electron chi connectivity index (χ3n) is 5.61. The molecular weight excluding hydrogens is 448 g/mol. The number of benzene rings is 2. The number of nitrogens with zero attached hydrogens (tertiary/aromatic N) is 3. The minimum Gasteiger partial charge on any atom is -0.419 e. The predicted molar refractivity (Wildman–Crippen MR) is 123 cm³/mol. The van der Waals surface area contributed by atoms with Gasteiger partial charge in [0.25, 0.3) is 0 Å². The van der Waals surface area contributed by atoms with E-state index in [1.165, 1.54) is 4.31 Å². The second-order valence-corrected chi connectivity index (χ2v) is 10.2. The summed E-state index contributed by atoms with van der Waals surface area (Å²) in [6.07, 6.45) is 1.74. The average molecular weight is 471 g/mol. The van der Waals surface area contributed by atoms with Crippen LogP contribution in [0.5, 0.6) is 0 Å². The number of sulfonamides is 1. The van der Waals surface area contributed by atoms with Crippen LogP contribution in [0.1, 0.15) is 31.0 Å². The van der Waals surface area contributed by atoms with Gasteiger partial charge >= 0.3 is 0 Å². The molecule has 0 bridgehead atoms. The lowest BCUT2D eigenvalue weighted by Crippen LogP contribution is -2.37. The summed E-state index contributed by atoms with van der Waals surface area (Å²) in [7, 11) is -3.53. The molecule has 2 aromatic carbocycles. The van der Waals surface area contributed by atoms with E-state index in [9.17, 15) is 13.7 Å². The molecule has 2 heterocycles. The second-order valence-electron chi connectivity index (χ2n) is 7.86. The molecule has 1 fully saturated rings. The molecule has 7 nitrogen and oxygen atoms in total. The molecule has 0 spiro atoms. The highest BCUT2D eigenvalue weighted by Gasteiger charge is 2.28. The van der Waals surface area contributed by atoms with Crippen molar-refractivity contribution in [2.75, 3.05) is 18.4 Å². The van der Waals surface area contributed by atoms with Gasteiger partial charge in [0.15, 0.2) is 0 Å². The van der Waals surface area contributed by atoms with Crippen LogP contribution >= 0.6 is 11.6 Å². The molecule has 1 aromatic heterocycles. The van der Waals surface area contributed by atoms with Crippen molar-refractivity contribution in [1.82, 2.24) is 9.29 Å². The van der Waals surface area contributed by atoms with Crippen molar-refractivity contribution in [3.63, 3.8) is 0 Å². The summed E-state index contributed by atoms with van der Waals surface area (Å²) in [5.74, 6) is 1.02. The molecule has 4 rings (SSSR count). The summed E-state index contributed by atoms with van der Waals surface area (Å²) in [5, 5.41) is 13.1. The zero-order valence-electron chi connectivity index (χ0n) is 17.6. The third-order valence-corrected chi connectivity index (χ3v) is 7.89. The Morgan fingerprint density at radius 2 is 1.88 bits per heavy atom. The average Bonchev–Trinajstić information content (AvgIpc) is 3.22. The van der Waals surface area contributed by atoms with E-state index in [-0.39, 0.29) is 22.4 Å². The first-order chi connectivity index (χ1) is 15.4. The minimum atomic E-state index is -3.53. The van der Waals surface area contributed by atoms with Gasteiger partial charge in [-0.25, -0.2) is 8.42 Å². The standard InChI is InChI=1S/C23H23ClN4O3S/c1-16-10-12-28(13-11-16)32(29,30)19-8-6-17(7-9-19)22-27-21(14-25)23(31-22)26-15-18-4-2-3-5-20(18)24/h2-9,16,26H,10-13,15H2,1H3. The van der Waals surface area contributed by atoms with Crippen molar-refractivity contribution in [3.8, 4) is 17.5 Å². The molecule has 1 aliphatic rings. The molecule has 1 N–H and O–H groups in total.